The van der Waals surface area contributed by atoms with Crippen molar-refractivity contribution in [3.63, 3.8) is 0 Å². The number of ketones is 1. The Hall–Kier alpha value is -0.590. The highest BCUT2D eigenvalue weighted by molar-refractivity contribution is 5.80. The molecular formula is C11H18O. The maximum Gasteiger partial charge on any atom is 0.137 e. The normalized spacial score (nSPS) is 18.1. The predicted octanol–water partition coefficient (Wildman–Crippen LogP) is 3.10. The molecule has 1 heteroatoms. The van der Waals surface area contributed by atoms with Gasteiger partial charge in [-0.2, -0.15) is 0 Å². The van der Waals surface area contributed by atoms with Crippen LogP contribution in [0.15, 0.2) is 12.2 Å². The Morgan fingerprint density at radius 1 is 1.42 bits per heavy atom. The summed E-state index contributed by atoms with van der Waals surface area (Å²) in [5.74, 6) is 1.08. The number of rotatable bonds is 4. The van der Waals surface area contributed by atoms with Crippen molar-refractivity contribution in [2.45, 2.75) is 45.4 Å². The molecule has 0 aromatic carbocycles. The summed E-state index contributed by atoms with van der Waals surface area (Å²) in [7, 11) is 0. The first-order valence-corrected chi connectivity index (χ1v) is 4.84. The standard InChI is InChI=1S/C11H18O/c1-9(2)7-11(12)8-10-5-3-4-6-10/h10H,1,3-8H2,2H3. The minimum Gasteiger partial charge on any atom is -0.299 e. The predicted molar refractivity (Wildman–Crippen MR) is 51.0 cm³/mol. The van der Waals surface area contributed by atoms with Gasteiger partial charge in [0.2, 0.25) is 0 Å². The third-order valence-electron chi connectivity index (χ3n) is 2.49. The summed E-state index contributed by atoms with van der Waals surface area (Å²) in [5.41, 5.74) is 0.998. The number of hydrogen-bond acceptors (Lipinski definition) is 1. The summed E-state index contributed by atoms with van der Waals surface area (Å²) in [4.78, 5) is 11.3. The van der Waals surface area contributed by atoms with Crippen molar-refractivity contribution in [3.8, 4) is 0 Å². The first kappa shape index (κ1) is 9.50. The van der Waals surface area contributed by atoms with Crippen LogP contribution >= 0.6 is 0 Å². The summed E-state index contributed by atoms with van der Waals surface area (Å²) in [6.07, 6.45) is 6.57. The van der Waals surface area contributed by atoms with Crippen LogP contribution in [0.3, 0.4) is 0 Å². The molecule has 0 radical (unpaired) electrons. The fourth-order valence-electron chi connectivity index (χ4n) is 1.95. The smallest absolute Gasteiger partial charge is 0.137 e. The Bertz CT molecular complexity index is 175. The van der Waals surface area contributed by atoms with Crippen LogP contribution in [0.1, 0.15) is 45.4 Å². The van der Waals surface area contributed by atoms with Crippen LogP contribution < -0.4 is 0 Å². The molecule has 0 N–H and O–H groups in total. The lowest BCUT2D eigenvalue weighted by atomic mass is 9.98. The Kier molecular flexibility index (Phi) is 3.51. The van der Waals surface area contributed by atoms with Gasteiger partial charge in [-0.25, -0.2) is 0 Å². The molecule has 12 heavy (non-hydrogen) atoms. The summed E-state index contributed by atoms with van der Waals surface area (Å²) in [6, 6.07) is 0. The fraction of sp³-hybridized carbons (Fsp3) is 0.727. The van der Waals surface area contributed by atoms with E-state index in [1.807, 2.05) is 6.92 Å². The van der Waals surface area contributed by atoms with E-state index in [0.29, 0.717) is 18.1 Å². The lowest BCUT2D eigenvalue weighted by Gasteiger charge is -2.06. The average molecular weight is 166 g/mol. The maximum absolute atomic E-state index is 11.3. The molecule has 0 spiro atoms. The lowest BCUT2D eigenvalue weighted by molar-refractivity contribution is -0.119. The molecule has 1 aliphatic rings. The van der Waals surface area contributed by atoms with Crippen LogP contribution in [0.5, 0.6) is 0 Å². The van der Waals surface area contributed by atoms with Crippen LogP contribution in [-0.4, -0.2) is 5.78 Å². The Labute approximate surface area is 74.9 Å². The zero-order valence-electron chi connectivity index (χ0n) is 7.94. The van der Waals surface area contributed by atoms with E-state index in [1.165, 1.54) is 25.7 Å². The van der Waals surface area contributed by atoms with Gasteiger partial charge in [0, 0.05) is 12.8 Å². The second kappa shape index (κ2) is 4.44. The van der Waals surface area contributed by atoms with Crippen LogP contribution in [0.4, 0.5) is 0 Å². The molecule has 0 aliphatic heterocycles. The minimum atomic E-state index is 0.384. The average Bonchev–Trinajstić information content (AvgIpc) is 2.37. The minimum absolute atomic E-state index is 0.384. The maximum atomic E-state index is 11.3. The van der Waals surface area contributed by atoms with Crippen molar-refractivity contribution in [1.29, 1.82) is 0 Å². The first-order valence-electron chi connectivity index (χ1n) is 4.84. The molecule has 0 unspecified atom stereocenters. The van der Waals surface area contributed by atoms with Gasteiger partial charge in [-0.05, 0) is 12.8 Å². The van der Waals surface area contributed by atoms with Crippen molar-refractivity contribution in [2.75, 3.05) is 0 Å². The molecule has 1 aliphatic carbocycles. The molecule has 0 bridgehead atoms. The Balaban J connectivity index is 2.20. The third-order valence-corrected chi connectivity index (χ3v) is 2.49. The SMILES string of the molecule is C=C(C)CC(=O)CC1CCCC1. The topological polar surface area (TPSA) is 17.1 Å². The highest BCUT2D eigenvalue weighted by Crippen LogP contribution is 2.28. The van der Waals surface area contributed by atoms with Gasteiger partial charge in [-0.3, -0.25) is 4.79 Å². The molecular weight excluding hydrogens is 148 g/mol. The van der Waals surface area contributed by atoms with Crippen molar-refractivity contribution in [1.82, 2.24) is 0 Å². The molecule has 68 valence electrons. The van der Waals surface area contributed by atoms with Crippen molar-refractivity contribution >= 4 is 5.78 Å². The number of allylic oxidation sites excluding steroid dienone is 1. The summed E-state index contributed by atoms with van der Waals surface area (Å²) < 4.78 is 0. The van der Waals surface area contributed by atoms with Gasteiger partial charge in [-0.15, -0.1) is 0 Å². The largest absolute Gasteiger partial charge is 0.299 e. The molecule has 0 saturated heterocycles. The van der Waals surface area contributed by atoms with Gasteiger partial charge in [0.15, 0.2) is 0 Å². The van der Waals surface area contributed by atoms with E-state index in [2.05, 4.69) is 6.58 Å². The van der Waals surface area contributed by atoms with E-state index >= 15 is 0 Å². The summed E-state index contributed by atoms with van der Waals surface area (Å²) >= 11 is 0. The second-order valence-corrected chi connectivity index (χ2v) is 4.03. The molecule has 1 nitrogen and oxygen atoms in total. The Morgan fingerprint density at radius 2 is 2.00 bits per heavy atom. The lowest BCUT2D eigenvalue weighted by Crippen LogP contribution is -2.05. The van der Waals surface area contributed by atoms with Gasteiger partial charge < -0.3 is 0 Å². The van der Waals surface area contributed by atoms with E-state index in [-0.39, 0.29) is 0 Å². The van der Waals surface area contributed by atoms with Crippen LogP contribution in [0, 0.1) is 5.92 Å². The highest BCUT2D eigenvalue weighted by Gasteiger charge is 2.17. The number of hydrogen-bond donors (Lipinski definition) is 0. The summed E-state index contributed by atoms with van der Waals surface area (Å²) in [6.45, 7) is 5.67. The third kappa shape index (κ3) is 3.21. The number of Topliss-reactive ketones (excluding diaryl/α,β-unsaturated/α-hetero) is 1. The van der Waals surface area contributed by atoms with Crippen LogP contribution in [-0.2, 0) is 4.79 Å². The molecule has 0 amide bonds. The number of carbonyl (C=O) groups excluding carboxylic acids is 1. The van der Waals surface area contributed by atoms with Gasteiger partial charge in [0.05, 0.1) is 0 Å². The van der Waals surface area contributed by atoms with Crippen LogP contribution in [0.25, 0.3) is 0 Å². The molecule has 0 aromatic rings. The van der Waals surface area contributed by atoms with Gasteiger partial charge in [0.1, 0.15) is 5.78 Å². The molecule has 0 atom stereocenters. The van der Waals surface area contributed by atoms with E-state index in [4.69, 9.17) is 0 Å². The van der Waals surface area contributed by atoms with E-state index in [1.54, 1.807) is 0 Å². The van der Waals surface area contributed by atoms with Crippen molar-refractivity contribution < 1.29 is 4.79 Å². The second-order valence-electron chi connectivity index (χ2n) is 4.03. The molecule has 1 rings (SSSR count). The van der Waals surface area contributed by atoms with Crippen LogP contribution in [0.2, 0.25) is 0 Å². The molecule has 0 heterocycles. The van der Waals surface area contributed by atoms with Gasteiger partial charge >= 0.3 is 0 Å². The number of carbonyl (C=O) groups is 1. The fourth-order valence-corrected chi connectivity index (χ4v) is 1.95. The first-order chi connectivity index (χ1) is 5.68. The van der Waals surface area contributed by atoms with Crippen molar-refractivity contribution in [2.24, 2.45) is 5.92 Å². The zero-order chi connectivity index (χ0) is 8.97. The van der Waals surface area contributed by atoms with Gasteiger partial charge in [0.25, 0.3) is 0 Å². The quantitative estimate of drug-likeness (QED) is 0.586. The van der Waals surface area contributed by atoms with E-state index in [9.17, 15) is 4.79 Å². The Morgan fingerprint density at radius 3 is 2.50 bits per heavy atom. The van der Waals surface area contributed by atoms with Gasteiger partial charge in [-0.1, -0.05) is 37.8 Å². The molecule has 1 saturated carbocycles. The summed E-state index contributed by atoms with van der Waals surface area (Å²) in [5, 5.41) is 0. The molecule has 1 fully saturated rings. The zero-order valence-corrected chi connectivity index (χ0v) is 7.94. The van der Waals surface area contributed by atoms with E-state index in [0.717, 1.165) is 12.0 Å². The molecule has 0 aromatic heterocycles. The monoisotopic (exact) mass is 166 g/mol. The van der Waals surface area contributed by atoms with Crippen molar-refractivity contribution in [3.05, 3.63) is 12.2 Å². The van der Waals surface area contributed by atoms with E-state index < -0.39 is 0 Å². The highest BCUT2D eigenvalue weighted by atomic mass is 16.1.